The van der Waals surface area contributed by atoms with Crippen molar-refractivity contribution in [2.45, 2.75) is 32.9 Å². The fourth-order valence-electron chi connectivity index (χ4n) is 3.34. The number of rotatable bonds is 7. The third-order valence-corrected chi connectivity index (χ3v) is 4.93. The van der Waals surface area contributed by atoms with Crippen molar-refractivity contribution in [1.82, 2.24) is 15.5 Å². The van der Waals surface area contributed by atoms with Crippen LogP contribution < -0.4 is 10.6 Å². The summed E-state index contributed by atoms with van der Waals surface area (Å²) in [6.45, 7) is 4.69. The van der Waals surface area contributed by atoms with E-state index >= 15 is 0 Å². The predicted molar refractivity (Wildman–Crippen MR) is 113 cm³/mol. The number of nitrogens with zero attached hydrogens (tertiary/aromatic N) is 1. The van der Waals surface area contributed by atoms with Crippen LogP contribution in [0, 0.1) is 6.92 Å². The van der Waals surface area contributed by atoms with Gasteiger partial charge >= 0.3 is 6.03 Å². The quantitative estimate of drug-likeness (QED) is 0.633. The predicted octanol–water partition coefficient (Wildman–Crippen LogP) is 4.15. The third-order valence-electron chi connectivity index (χ3n) is 4.93. The molecule has 0 fully saturated rings. The lowest BCUT2D eigenvalue weighted by molar-refractivity contribution is -0.130. The molecule has 1 heterocycles. The molecular weight excluding hydrogens is 366 g/mol. The maximum Gasteiger partial charge on any atom is 0.315 e. The number of carbonyl (C=O) groups is 2. The first kappa shape index (κ1) is 20.5. The lowest BCUT2D eigenvalue weighted by atomic mass is 10.1. The Morgan fingerprint density at radius 2 is 1.76 bits per heavy atom. The molecule has 2 aromatic carbocycles. The summed E-state index contributed by atoms with van der Waals surface area (Å²) in [5, 5.41) is 6.66. The van der Waals surface area contributed by atoms with E-state index in [9.17, 15) is 9.59 Å². The molecule has 3 rings (SSSR count). The highest BCUT2D eigenvalue weighted by atomic mass is 16.3. The second-order valence-electron chi connectivity index (χ2n) is 7.19. The summed E-state index contributed by atoms with van der Waals surface area (Å²) in [6.07, 6.45) is 0.245. The zero-order valence-electron chi connectivity index (χ0n) is 17.1. The first-order valence-corrected chi connectivity index (χ1v) is 9.76. The number of furan rings is 1. The van der Waals surface area contributed by atoms with E-state index in [-0.39, 0.29) is 30.9 Å². The molecule has 3 aromatic rings. The molecule has 0 bridgehead atoms. The van der Waals surface area contributed by atoms with Crippen LogP contribution >= 0.6 is 0 Å². The van der Waals surface area contributed by atoms with E-state index < -0.39 is 0 Å². The fraction of sp³-hybridized carbons (Fsp3) is 0.304. The van der Waals surface area contributed by atoms with Crippen molar-refractivity contribution in [2.75, 3.05) is 13.6 Å². The van der Waals surface area contributed by atoms with E-state index in [1.54, 1.807) is 11.9 Å². The van der Waals surface area contributed by atoms with E-state index in [1.165, 1.54) is 0 Å². The molecule has 2 N–H and O–H groups in total. The van der Waals surface area contributed by atoms with Crippen molar-refractivity contribution < 1.29 is 14.0 Å². The van der Waals surface area contributed by atoms with Gasteiger partial charge in [-0.05, 0) is 25.5 Å². The molecule has 152 valence electrons. The first-order valence-electron chi connectivity index (χ1n) is 9.76. The number of urea groups is 1. The summed E-state index contributed by atoms with van der Waals surface area (Å²) >= 11 is 0. The first-order chi connectivity index (χ1) is 14.0. The minimum atomic E-state index is -0.323. The highest BCUT2D eigenvalue weighted by Crippen LogP contribution is 2.28. The Kier molecular flexibility index (Phi) is 6.54. The second kappa shape index (κ2) is 9.28. The van der Waals surface area contributed by atoms with E-state index in [1.807, 2.05) is 68.4 Å². The molecule has 0 aliphatic heterocycles. The number of para-hydroxylation sites is 1. The fourth-order valence-corrected chi connectivity index (χ4v) is 3.34. The average Bonchev–Trinajstić information content (AvgIpc) is 3.05. The van der Waals surface area contributed by atoms with Gasteiger partial charge in [0.1, 0.15) is 11.3 Å². The van der Waals surface area contributed by atoms with Crippen molar-refractivity contribution in [3.05, 3.63) is 71.5 Å². The topological polar surface area (TPSA) is 74.6 Å². The summed E-state index contributed by atoms with van der Waals surface area (Å²) in [5.41, 5.74) is 2.90. The molecule has 0 spiro atoms. The molecule has 1 unspecified atom stereocenters. The van der Waals surface area contributed by atoms with Crippen LogP contribution in [-0.2, 0) is 11.3 Å². The van der Waals surface area contributed by atoms with Crippen LogP contribution in [0.15, 0.2) is 59.0 Å². The lowest BCUT2D eigenvalue weighted by Crippen LogP contribution is -2.39. The number of carbonyl (C=O) groups excluding carboxylic acids is 2. The molecule has 29 heavy (non-hydrogen) atoms. The largest absolute Gasteiger partial charge is 0.459 e. The van der Waals surface area contributed by atoms with Crippen LogP contribution in [0.4, 0.5) is 4.79 Å². The molecule has 1 aromatic heterocycles. The molecule has 0 saturated heterocycles. The van der Waals surface area contributed by atoms with Crippen LogP contribution in [0.25, 0.3) is 11.0 Å². The zero-order valence-corrected chi connectivity index (χ0v) is 17.1. The van der Waals surface area contributed by atoms with Crippen LogP contribution in [-0.4, -0.2) is 30.4 Å². The van der Waals surface area contributed by atoms with Crippen LogP contribution in [0.5, 0.6) is 0 Å². The van der Waals surface area contributed by atoms with Gasteiger partial charge in [0.05, 0.1) is 6.04 Å². The Morgan fingerprint density at radius 1 is 1.07 bits per heavy atom. The number of benzene rings is 2. The number of fused-ring (bicyclic) bond motifs is 1. The Hall–Kier alpha value is -3.28. The standard InChI is InChI=1S/C23H27N3O3/c1-16-19-11-7-8-12-20(19)29-22(16)17(2)25-23(28)24-14-13-21(27)26(3)15-18-9-5-4-6-10-18/h4-12,17H,13-15H2,1-3H3,(H2,24,25,28). The Morgan fingerprint density at radius 3 is 2.48 bits per heavy atom. The molecule has 1 atom stereocenters. The molecule has 6 heteroatoms. The monoisotopic (exact) mass is 393 g/mol. The zero-order chi connectivity index (χ0) is 20.8. The number of aryl methyl sites for hydroxylation is 1. The normalized spacial score (nSPS) is 11.8. The SMILES string of the molecule is Cc1c(C(C)NC(=O)NCCC(=O)N(C)Cc2ccccc2)oc2ccccc12. The molecule has 0 aliphatic carbocycles. The molecule has 0 radical (unpaired) electrons. The van der Waals surface area contributed by atoms with Crippen LogP contribution in [0.3, 0.4) is 0 Å². The van der Waals surface area contributed by atoms with Gasteiger partial charge in [0.15, 0.2) is 0 Å². The minimum absolute atomic E-state index is 0.0182. The van der Waals surface area contributed by atoms with Crippen molar-refractivity contribution in [2.24, 2.45) is 0 Å². The van der Waals surface area contributed by atoms with Gasteiger partial charge < -0.3 is 20.0 Å². The Labute approximate surface area is 170 Å². The third kappa shape index (κ3) is 5.16. The van der Waals surface area contributed by atoms with E-state index in [2.05, 4.69) is 10.6 Å². The van der Waals surface area contributed by atoms with Crippen LogP contribution in [0.2, 0.25) is 0 Å². The summed E-state index contributed by atoms with van der Waals surface area (Å²) < 4.78 is 5.89. The summed E-state index contributed by atoms with van der Waals surface area (Å²) in [6, 6.07) is 17.0. The van der Waals surface area contributed by atoms with Gasteiger partial charge in [0.2, 0.25) is 5.91 Å². The van der Waals surface area contributed by atoms with Gasteiger partial charge in [0, 0.05) is 37.5 Å². The molecule has 0 saturated carbocycles. The lowest BCUT2D eigenvalue weighted by Gasteiger charge is -2.18. The number of hydrogen-bond donors (Lipinski definition) is 2. The summed E-state index contributed by atoms with van der Waals surface area (Å²) in [4.78, 5) is 26.1. The maximum atomic E-state index is 12.3. The van der Waals surface area contributed by atoms with Crippen molar-refractivity contribution >= 4 is 22.9 Å². The van der Waals surface area contributed by atoms with Gasteiger partial charge in [-0.1, -0.05) is 48.5 Å². The molecule has 6 nitrogen and oxygen atoms in total. The highest BCUT2D eigenvalue weighted by molar-refractivity contribution is 5.82. The average molecular weight is 393 g/mol. The number of nitrogens with one attached hydrogen (secondary N) is 2. The van der Waals surface area contributed by atoms with Gasteiger partial charge in [0.25, 0.3) is 0 Å². The van der Waals surface area contributed by atoms with Crippen molar-refractivity contribution in [3.8, 4) is 0 Å². The Balaban J connectivity index is 1.45. The molecular formula is C23H27N3O3. The number of hydrogen-bond acceptors (Lipinski definition) is 3. The molecule has 0 aliphatic rings. The smallest absolute Gasteiger partial charge is 0.315 e. The Bertz CT molecular complexity index is 981. The van der Waals surface area contributed by atoms with Crippen LogP contribution in [0.1, 0.15) is 36.3 Å². The van der Waals surface area contributed by atoms with Gasteiger partial charge in [-0.2, -0.15) is 0 Å². The maximum absolute atomic E-state index is 12.3. The van der Waals surface area contributed by atoms with Crippen molar-refractivity contribution in [1.29, 1.82) is 0 Å². The van der Waals surface area contributed by atoms with E-state index in [0.29, 0.717) is 6.54 Å². The second-order valence-corrected chi connectivity index (χ2v) is 7.19. The molecule has 3 amide bonds. The minimum Gasteiger partial charge on any atom is -0.459 e. The highest BCUT2D eigenvalue weighted by Gasteiger charge is 2.18. The summed E-state index contributed by atoms with van der Waals surface area (Å²) in [7, 11) is 1.77. The van der Waals surface area contributed by atoms with Gasteiger partial charge in [-0.3, -0.25) is 4.79 Å². The van der Waals surface area contributed by atoms with Gasteiger partial charge in [-0.15, -0.1) is 0 Å². The van der Waals surface area contributed by atoms with Crippen molar-refractivity contribution in [3.63, 3.8) is 0 Å². The van der Waals surface area contributed by atoms with E-state index in [4.69, 9.17) is 4.42 Å². The number of amides is 3. The summed E-state index contributed by atoms with van der Waals surface area (Å²) in [5.74, 6) is 0.718. The van der Waals surface area contributed by atoms with Gasteiger partial charge in [-0.25, -0.2) is 4.79 Å². The van der Waals surface area contributed by atoms with E-state index in [0.717, 1.165) is 27.9 Å².